The Balaban J connectivity index is 2.65. The summed E-state index contributed by atoms with van der Waals surface area (Å²) in [4.78, 5) is 12.0. The number of hydrogen-bond donors (Lipinski definition) is 0. The third kappa shape index (κ3) is 1.88. The molecule has 0 unspecified atom stereocenters. The van der Waals surface area contributed by atoms with E-state index >= 15 is 0 Å². The zero-order valence-corrected chi connectivity index (χ0v) is 9.59. The van der Waals surface area contributed by atoms with Crippen LogP contribution in [0.25, 0.3) is 11.3 Å². The molecule has 0 aliphatic rings. The highest BCUT2D eigenvalue weighted by Crippen LogP contribution is 2.26. The van der Waals surface area contributed by atoms with Crippen LogP contribution in [0.5, 0.6) is 0 Å². The van der Waals surface area contributed by atoms with Gasteiger partial charge >= 0.3 is 0 Å². The summed E-state index contributed by atoms with van der Waals surface area (Å²) in [6, 6.07) is 1.53. The van der Waals surface area contributed by atoms with E-state index in [-0.39, 0.29) is 5.15 Å². The Bertz CT molecular complexity index is 543. The van der Waals surface area contributed by atoms with Crippen LogP contribution in [0.15, 0.2) is 18.5 Å². The molecule has 0 aromatic carbocycles. The lowest BCUT2D eigenvalue weighted by Gasteiger charge is -2.06. The van der Waals surface area contributed by atoms with E-state index in [4.69, 9.17) is 11.6 Å². The predicted molar refractivity (Wildman–Crippen MR) is 59.7 cm³/mol. The largest absolute Gasteiger partial charge is 0.262 e. The molecular formula is C11H9ClFN3. The molecule has 5 heteroatoms. The van der Waals surface area contributed by atoms with E-state index in [1.165, 1.54) is 12.3 Å². The normalized spacial score (nSPS) is 10.5. The van der Waals surface area contributed by atoms with Crippen LogP contribution in [-0.2, 0) is 0 Å². The number of aromatic nitrogens is 3. The number of hydrogen-bond acceptors (Lipinski definition) is 3. The Hall–Kier alpha value is -1.55. The van der Waals surface area contributed by atoms with Crippen molar-refractivity contribution >= 4 is 11.6 Å². The summed E-state index contributed by atoms with van der Waals surface area (Å²) in [5.74, 6) is -0.457. The fraction of sp³-hybridized carbons (Fsp3) is 0.182. The molecule has 3 nitrogen and oxygen atoms in total. The molecule has 0 N–H and O–H groups in total. The summed E-state index contributed by atoms with van der Waals surface area (Å²) >= 11 is 5.95. The molecule has 16 heavy (non-hydrogen) atoms. The first-order valence-corrected chi connectivity index (χ1v) is 5.08. The van der Waals surface area contributed by atoms with Gasteiger partial charge in [0.1, 0.15) is 5.69 Å². The van der Waals surface area contributed by atoms with Gasteiger partial charge in [0.2, 0.25) is 0 Å². The van der Waals surface area contributed by atoms with Crippen LogP contribution in [0.4, 0.5) is 4.39 Å². The Labute approximate surface area is 97.3 Å². The first-order chi connectivity index (χ1) is 7.59. The minimum absolute atomic E-state index is 0.202. The van der Waals surface area contributed by atoms with E-state index in [9.17, 15) is 4.39 Å². The number of rotatable bonds is 1. The molecule has 2 aromatic rings. The fourth-order valence-corrected chi connectivity index (χ4v) is 1.59. The van der Waals surface area contributed by atoms with Gasteiger partial charge in [-0.25, -0.2) is 14.4 Å². The van der Waals surface area contributed by atoms with Gasteiger partial charge in [0.25, 0.3) is 0 Å². The molecule has 0 bridgehead atoms. The van der Waals surface area contributed by atoms with Crippen LogP contribution in [-0.4, -0.2) is 15.0 Å². The second-order valence-electron chi connectivity index (χ2n) is 3.39. The van der Waals surface area contributed by atoms with Crippen LogP contribution >= 0.6 is 11.6 Å². The molecule has 82 valence electrons. The van der Waals surface area contributed by atoms with Crippen molar-refractivity contribution in [3.63, 3.8) is 0 Å². The molecule has 0 saturated heterocycles. The molecule has 0 aliphatic carbocycles. The van der Waals surface area contributed by atoms with Gasteiger partial charge in [0, 0.05) is 11.8 Å². The Kier molecular flexibility index (Phi) is 2.83. The van der Waals surface area contributed by atoms with Gasteiger partial charge < -0.3 is 0 Å². The van der Waals surface area contributed by atoms with Crippen molar-refractivity contribution in [2.24, 2.45) is 0 Å². The van der Waals surface area contributed by atoms with Gasteiger partial charge in [-0.2, -0.15) is 0 Å². The lowest BCUT2D eigenvalue weighted by molar-refractivity contribution is 0.624. The topological polar surface area (TPSA) is 38.7 Å². The summed E-state index contributed by atoms with van der Waals surface area (Å²) in [7, 11) is 0. The molecule has 0 saturated carbocycles. The number of nitrogens with zero attached hydrogens (tertiary/aromatic N) is 3. The zero-order chi connectivity index (χ0) is 11.7. The molecule has 0 amide bonds. The van der Waals surface area contributed by atoms with Gasteiger partial charge in [0.15, 0.2) is 11.0 Å². The monoisotopic (exact) mass is 237 g/mol. The summed E-state index contributed by atoms with van der Waals surface area (Å²) in [6.07, 6.45) is 2.62. The van der Waals surface area contributed by atoms with Gasteiger partial charge in [-0.15, -0.1) is 0 Å². The zero-order valence-electron chi connectivity index (χ0n) is 8.83. The van der Waals surface area contributed by atoms with Crippen LogP contribution in [0, 0.1) is 19.7 Å². The van der Waals surface area contributed by atoms with Crippen molar-refractivity contribution in [2.75, 3.05) is 0 Å². The van der Waals surface area contributed by atoms with Crippen molar-refractivity contribution in [3.8, 4) is 11.3 Å². The second-order valence-corrected chi connectivity index (χ2v) is 3.75. The average Bonchev–Trinajstić information content (AvgIpc) is 2.25. The lowest BCUT2D eigenvalue weighted by atomic mass is 10.2. The summed E-state index contributed by atoms with van der Waals surface area (Å²) in [5.41, 5.74) is 2.14. The highest BCUT2D eigenvalue weighted by Gasteiger charge is 2.13. The first kappa shape index (κ1) is 11.0. The van der Waals surface area contributed by atoms with Crippen LogP contribution in [0.3, 0.4) is 0 Å². The van der Waals surface area contributed by atoms with Crippen molar-refractivity contribution in [1.29, 1.82) is 0 Å². The van der Waals surface area contributed by atoms with E-state index in [0.717, 1.165) is 17.6 Å². The first-order valence-electron chi connectivity index (χ1n) is 4.70. The van der Waals surface area contributed by atoms with Crippen LogP contribution < -0.4 is 0 Å². The van der Waals surface area contributed by atoms with E-state index in [0.29, 0.717) is 11.3 Å². The Morgan fingerprint density at radius 3 is 2.56 bits per heavy atom. The maximum absolute atomic E-state index is 13.5. The SMILES string of the molecule is Cc1nc(Cl)c(-c2ccncc2F)nc1C. The maximum Gasteiger partial charge on any atom is 0.155 e. The van der Waals surface area contributed by atoms with Crippen LogP contribution in [0.2, 0.25) is 5.15 Å². The molecule has 0 fully saturated rings. The van der Waals surface area contributed by atoms with E-state index in [2.05, 4.69) is 15.0 Å². The lowest BCUT2D eigenvalue weighted by Crippen LogP contribution is -1.98. The van der Waals surface area contributed by atoms with Gasteiger partial charge in [0.05, 0.1) is 17.6 Å². The van der Waals surface area contributed by atoms with E-state index in [1.54, 1.807) is 13.8 Å². The molecule has 2 rings (SSSR count). The molecule has 2 aromatic heterocycles. The van der Waals surface area contributed by atoms with Crippen molar-refractivity contribution < 1.29 is 4.39 Å². The van der Waals surface area contributed by atoms with Crippen molar-refractivity contribution in [2.45, 2.75) is 13.8 Å². The second kappa shape index (κ2) is 4.14. The highest BCUT2D eigenvalue weighted by molar-refractivity contribution is 6.31. The standard InChI is InChI=1S/C11H9ClFN3/c1-6-7(2)16-11(12)10(15-6)8-3-4-14-5-9(8)13/h3-5H,1-2H3. The van der Waals surface area contributed by atoms with Crippen molar-refractivity contribution in [3.05, 3.63) is 40.8 Å². The summed E-state index contributed by atoms with van der Waals surface area (Å²) in [5, 5.41) is 0.202. The Morgan fingerprint density at radius 1 is 1.19 bits per heavy atom. The molecule has 0 atom stereocenters. The number of halogens is 2. The highest BCUT2D eigenvalue weighted by atomic mass is 35.5. The summed E-state index contributed by atoms with van der Waals surface area (Å²) in [6.45, 7) is 3.61. The van der Waals surface area contributed by atoms with Crippen LogP contribution in [0.1, 0.15) is 11.4 Å². The summed E-state index contributed by atoms with van der Waals surface area (Å²) < 4.78 is 13.5. The molecular weight excluding hydrogens is 229 g/mol. The van der Waals surface area contributed by atoms with E-state index in [1.807, 2.05) is 0 Å². The number of aryl methyl sites for hydroxylation is 2. The third-order valence-electron chi connectivity index (χ3n) is 2.29. The molecule has 2 heterocycles. The number of pyridine rings is 1. The van der Waals surface area contributed by atoms with Gasteiger partial charge in [-0.1, -0.05) is 11.6 Å². The predicted octanol–water partition coefficient (Wildman–Crippen LogP) is 2.95. The molecule has 0 aliphatic heterocycles. The quantitative estimate of drug-likeness (QED) is 0.766. The molecule has 0 spiro atoms. The van der Waals surface area contributed by atoms with E-state index < -0.39 is 5.82 Å². The average molecular weight is 238 g/mol. The van der Waals surface area contributed by atoms with Crippen molar-refractivity contribution in [1.82, 2.24) is 15.0 Å². The van der Waals surface area contributed by atoms with Gasteiger partial charge in [-0.05, 0) is 19.9 Å². The fourth-order valence-electron chi connectivity index (χ4n) is 1.31. The minimum Gasteiger partial charge on any atom is -0.262 e. The smallest absolute Gasteiger partial charge is 0.155 e. The Morgan fingerprint density at radius 2 is 1.88 bits per heavy atom. The molecule has 0 radical (unpaired) electrons. The van der Waals surface area contributed by atoms with Gasteiger partial charge in [-0.3, -0.25) is 4.98 Å². The maximum atomic E-state index is 13.5. The third-order valence-corrected chi connectivity index (χ3v) is 2.56. The minimum atomic E-state index is -0.457.